The predicted octanol–water partition coefficient (Wildman–Crippen LogP) is 6.16. The van der Waals surface area contributed by atoms with E-state index in [1.165, 1.54) is 23.1 Å². The van der Waals surface area contributed by atoms with Crippen LogP contribution in [0.25, 0.3) is 0 Å². The summed E-state index contributed by atoms with van der Waals surface area (Å²) in [5.41, 5.74) is 2.42. The molecule has 0 spiro atoms. The van der Waals surface area contributed by atoms with Crippen molar-refractivity contribution in [3.05, 3.63) is 89.0 Å². The number of phenolic OH excluding ortho intramolecular Hbond substituents is 2. The molecule has 0 saturated carbocycles. The second-order valence-corrected chi connectivity index (χ2v) is 11.8. The van der Waals surface area contributed by atoms with Gasteiger partial charge in [0.15, 0.2) is 0 Å². The van der Waals surface area contributed by atoms with Crippen molar-refractivity contribution < 1.29 is 29.3 Å². The fourth-order valence-electron chi connectivity index (χ4n) is 4.69. The second kappa shape index (κ2) is 14.1. The number of carbonyl (C=O) groups excluding carboxylic acids is 3. The number of ether oxygens (including phenoxy) is 1. The maximum absolute atomic E-state index is 14.6. The number of para-hydroxylation sites is 1. The van der Waals surface area contributed by atoms with Crippen molar-refractivity contribution in [3.63, 3.8) is 0 Å². The molecular weight excluding hydrogens is 546 g/mol. The molecule has 3 unspecified atom stereocenters. The Morgan fingerprint density at radius 1 is 0.930 bits per heavy atom. The molecule has 0 radical (unpaired) electrons. The zero-order valence-corrected chi connectivity index (χ0v) is 26.0. The predicted molar refractivity (Wildman–Crippen MR) is 167 cm³/mol. The molecule has 9 nitrogen and oxygen atoms in total. The standard InChI is InChI=1S/C34H43N3O6/c1-8-23(4)37(32(41)28(36-33(42)43-34(5,6)7)20-24-13-16-26(38)17-14-24)30(25-15-18-29(39)22(3)19-25)31(40)35-27-12-10-9-11-21(27)2/h9-19,23,28,30,38-39H,8,20H2,1-7H3,(H,35,40)(H,36,42). The van der Waals surface area contributed by atoms with Crippen LogP contribution in [0.1, 0.15) is 69.3 Å². The Labute approximate surface area is 253 Å². The molecule has 230 valence electrons. The van der Waals surface area contributed by atoms with E-state index in [-0.39, 0.29) is 17.9 Å². The lowest BCUT2D eigenvalue weighted by atomic mass is 9.96. The van der Waals surface area contributed by atoms with Crippen LogP contribution in [0.15, 0.2) is 66.7 Å². The van der Waals surface area contributed by atoms with Crippen LogP contribution < -0.4 is 10.6 Å². The highest BCUT2D eigenvalue weighted by Gasteiger charge is 2.39. The number of aryl methyl sites for hydroxylation is 2. The molecule has 43 heavy (non-hydrogen) atoms. The molecule has 3 aromatic carbocycles. The number of alkyl carbamates (subject to hydrolysis) is 1. The first-order chi connectivity index (χ1) is 20.2. The van der Waals surface area contributed by atoms with Crippen LogP contribution in [0.2, 0.25) is 0 Å². The van der Waals surface area contributed by atoms with E-state index >= 15 is 0 Å². The van der Waals surface area contributed by atoms with Gasteiger partial charge in [0.1, 0.15) is 29.2 Å². The molecule has 9 heteroatoms. The Bertz CT molecular complexity index is 1430. The van der Waals surface area contributed by atoms with Gasteiger partial charge in [-0.05, 0) is 101 Å². The van der Waals surface area contributed by atoms with Gasteiger partial charge < -0.3 is 30.5 Å². The third-order valence-corrected chi connectivity index (χ3v) is 7.15. The van der Waals surface area contributed by atoms with Crippen LogP contribution >= 0.6 is 0 Å². The van der Waals surface area contributed by atoms with E-state index in [0.717, 1.165) is 5.56 Å². The number of benzene rings is 3. The van der Waals surface area contributed by atoms with Crippen molar-refractivity contribution in [3.8, 4) is 11.5 Å². The van der Waals surface area contributed by atoms with Crippen LogP contribution in [0, 0.1) is 13.8 Å². The molecule has 0 heterocycles. The van der Waals surface area contributed by atoms with Crippen molar-refractivity contribution in [2.24, 2.45) is 0 Å². The number of aromatic hydroxyl groups is 2. The number of hydrogen-bond acceptors (Lipinski definition) is 6. The van der Waals surface area contributed by atoms with E-state index in [2.05, 4.69) is 10.6 Å². The molecule has 0 aromatic heterocycles. The molecule has 0 fully saturated rings. The minimum Gasteiger partial charge on any atom is -0.508 e. The van der Waals surface area contributed by atoms with Crippen molar-refractivity contribution in [1.29, 1.82) is 0 Å². The monoisotopic (exact) mass is 589 g/mol. The molecule has 3 rings (SSSR count). The maximum Gasteiger partial charge on any atom is 0.408 e. The first-order valence-electron chi connectivity index (χ1n) is 14.5. The van der Waals surface area contributed by atoms with Gasteiger partial charge in [-0.15, -0.1) is 0 Å². The summed E-state index contributed by atoms with van der Waals surface area (Å²) in [5, 5.41) is 25.7. The SMILES string of the molecule is CCC(C)N(C(=O)C(Cc1ccc(O)cc1)NC(=O)OC(C)(C)C)C(C(=O)Nc1ccccc1C)c1ccc(O)c(C)c1. The van der Waals surface area contributed by atoms with E-state index in [4.69, 9.17) is 4.74 Å². The van der Waals surface area contributed by atoms with Crippen LogP contribution in [0.5, 0.6) is 11.5 Å². The first-order valence-corrected chi connectivity index (χ1v) is 14.5. The molecule has 0 aliphatic heterocycles. The van der Waals surface area contributed by atoms with Gasteiger partial charge in [0.2, 0.25) is 5.91 Å². The number of nitrogens with one attached hydrogen (secondary N) is 2. The number of amides is 3. The van der Waals surface area contributed by atoms with Gasteiger partial charge >= 0.3 is 6.09 Å². The van der Waals surface area contributed by atoms with E-state index in [0.29, 0.717) is 28.8 Å². The number of carbonyl (C=O) groups is 3. The van der Waals surface area contributed by atoms with Crippen molar-refractivity contribution in [2.75, 3.05) is 5.32 Å². The summed E-state index contributed by atoms with van der Waals surface area (Å²) in [5.74, 6) is -0.777. The fraction of sp³-hybridized carbons (Fsp3) is 0.382. The third kappa shape index (κ3) is 8.98. The molecule has 0 saturated heterocycles. The Kier molecular flexibility index (Phi) is 10.8. The lowest BCUT2D eigenvalue weighted by molar-refractivity contribution is -0.143. The highest BCUT2D eigenvalue weighted by atomic mass is 16.6. The first kappa shape index (κ1) is 33.0. The Hall–Kier alpha value is -4.53. The molecule has 0 bridgehead atoms. The number of phenols is 2. The lowest BCUT2D eigenvalue weighted by Gasteiger charge is -2.38. The Morgan fingerprint density at radius 3 is 2.16 bits per heavy atom. The van der Waals surface area contributed by atoms with Gasteiger partial charge in [-0.3, -0.25) is 9.59 Å². The Balaban J connectivity index is 2.12. The topological polar surface area (TPSA) is 128 Å². The zero-order chi connectivity index (χ0) is 31.9. The van der Waals surface area contributed by atoms with Gasteiger partial charge in [0, 0.05) is 18.2 Å². The highest BCUT2D eigenvalue weighted by molar-refractivity contribution is 5.99. The van der Waals surface area contributed by atoms with Crippen LogP contribution in [-0.4, -0.2) is 50.7 Å². The summed E-state index contributed by atoms with van der Waals surface area (Å²) >= 11 is 0. The fourth-order valence-corrected chi connectivity index (χ4v) is 4.69. The number of rotatable bonds is 10. The van der Waals surface area contributed by atoms with Gasteiger partial charge in [-0.1, -0.05) is 43.3 Å². The average Bonchev–Trinajstić information content (AvgIpc) is 2.93. The van der Waals surface area contributed by atoms with Crippen molar-refractivity contribution in [1.82, 2.24) is 10.2 Å². The van der Waals surface area contributed by atoms with Crippen LogP contribution in [0.3, 0.4) is 0 Å². The summed E-state index contributed by atoms with van der Waals surface area (Å²) in [4.78, 5) is 43.2. The van der Waals surface area contributed by atoms with Gasteiger partial charge in [-0.25, -0.2) is 4.79 Å². The van der Waals surface area contributed by atoms with Gasteiger partial charge in [-0.2, -0.15) is 0 Å². The summed E-state index contributed by atoms with van der Waals surface area (Å²) in [7, 11) is 0. The van der Waals surface area contributed by atoms with Gasteiger partial charge in [0.05, 0.1) is 0 Å². The minimum absolute atomic E-state index is 0.0695. The number of hydrogen-bond donors (Lipinski definition) is 4. The quantitative estimate of drug-likeness (QED) is 0.224. The minimum atomic E-state index is -1.10. The molecule has 3 aromatic rings. The average molecular weight is 590 g/mol. The maximum atomic E-state index is 14.6. The molecule has 0 aliphatic carbocycles. The normalized spacial score (nSPS) is 13.4. The third-order valence-electron chi connectivity index (χ3n) is 7.15. The molecular formula is C34H43N3O6. The summed E-state index contributed by atoms with van der Waals surface area (Å²) in [6.45, 7) is 12.6. The highest BCUT2D eigenvalue weighted by Crippen LogP contribution is 2.31. The van der Waals surface area contributed by atoms with E-state index in [9.17, 15) is 24.6 Å². The van der Waals surface area contributed by atoms with Crippen LogP contribution in [-0.2, 0) is 20.7 Å². The molecule has 4 N–H and O–H groups in total. The molecule has 3 atom stereocenters. The summed E-state index contributed by atoms with van der Waals surface area (Å²) in [6, 6.07) is 15.9. The number of anilines is 1. The summed E-state index contributed by atoms with van der Waals surface area (Å²) < 4.78 is 5.49. The summed E-state index contributed by atoms with van der Waals surface area (Å²) in [6.07, 6.45) is -0.156. The second-order valence-electron chi connectivity index (χ2n) is 11.8. The largest absolute Gasteiger partial charge is 0.508 e. The lowest BCUT2D eigenvalue weighted by Crippen LogP contribution is -2.55. The smallest absolute Gasteiger partial charge is 0.408 e. The van der Waals surface area contributed by atoms with E-state index in [1.807, 2.05) is 39.0 Å². The molecule has 0 aliphatic rings. The zero-order valence-electron chi connectivity index (χ0n) is 26.0. The van der Waals surface area contributed by atoms with E-state index in [1.54, 1.807) is 58.0 Å². The van der Waals surface area contributed by atoms with Crippen molar-refractivity contribution in [2.45, 2.75) is 85.0 Å². The number of nitrogens with zero attached hydrogens (tertiary/aromatic N) is 1. The van der Waals surface area contributed by atoms with Crippen molar-refractivity contribution >= 4 is 23.6 Å². The van der Waals surface area contributed by atoms with Gasteiger partial charge in [0.25, 0.3) is 5.91 Å². The van der Waals surface area contributed by atoms with E-state index < -0.39 is 41.6 Å². The van der Waals surface area contributed by atoms with Crippen LogP contribution in [0.4, 0.5) is 10.5 Å². The molecule has 3 amide bonds. The Morgan fingerprint density at radius 2 is 1.58 bits per heavy atom.